The van der Waals surface area contributed by atoms with E-state index in [9.17, 15) is 31.5 Å². The first-order valence-corrected chi connectivity index (χ1v) is 15.5. The minimum absolute atomic E-state index is 0.0214. The lowest BCUT2D eigenvalue weighted by Crippen LogP contribution is -2.30. The van der Waals surface area contributed by atoms with Crippen molar-refractivity contribution in [1.82, 2.24) is 15.1 Å². The normalized spacial score (nSPS) is 20.9. The summed E-state index contributed by atoms with van der Waals surface area (Å²) in [6.07, 6.45) is -0.697. The Hall–Kier alpha value is -2.92. The first-order chi connectivity index (χ1) is 19.0. The van der Waals surface area contributed by atoms with Crippen molar-refractivity contribution in [3.63, 3.8) is 0 Å². The van der Waals surface area contributed by atoms with E-state index in [0.717, 1.165) is 23.9 Å². The molecule has 1 unspecified atom stereocenters. The zero-order chi connectivity index (χ0) is 28.7. The van der Waals surface area contributed by atoms with E-state index < -0.39 is 33.9 Å². The van der Waals surface area contributed by atoms with Gasteiger partial charge in [-0.3, -0.25) is 9.48 Å². The predicted molar refractivity (Wildman–Crippen MR) is 145 cm³/mol. The Kier molecular flexibility index (Phi) is 7.98. The molecule has 0 saturated heterocycles. The lowest BCUT2D eigenvalue weighted by Gasteiger charge is -2.30. The van der Waals surface area contributed by atoms with Crippen LogP contribution in [0.25, 0.3) is 10.9 Å². The second-order valence-electron chi connectivity index (χ2n) is 11.0. The summed E-state index contributed by atoms with van der Waals surface area (Å²) in [5.74, 6) is -1.13. The van der Waals surface area contributed by atoms with Crippen LogP contribution in [-0.2, 0) is 16.4 Å². The van der Waals surface area contributed by atoms with Crippen LogP contribution in [0.4, 0.5) is 13.2 Å². The van der Waals surface area contributed by atoms with Crippen LogP contribution < -0.4 is 5.32 Å². The zero-order valence-electron chi connectivity index (χ0n) is 22.3. The van der Waals surface area contributed by atoms with Gasteiger partial charge in [0.15, 0.2) is 9.84 Å². The lowest BCUT2D eigenvalue weighted by molar-refractivity contribution is -0.184. The maximum atomic E-state index is 13.1. The SMILES string of the molecule is CCS(=O)(=O)c1ccc(C(CO)NC(=O)c2ccc3c(C4CC4)n(C[C@H]4CC[C@H](C(F)(F)F)CC4)nc3c2)cc1. The van der Waals surface area contributed by atoms with Gasteiger partial charge in [-0.1, -0.05) is 25.1 Å². The minimum atomic E-state index is -4.13. The van der Waals surface area contributed by atoms with Crippen molar-refractivity contribution in [2.45, 2.75) is 75.0 Å². The van der Waals surface area contributed by atoms with Gasteiger partial charge in [-0.2, -0.15) is 18.3 Å². The Morgan fingerprint density at radius 1 is 1.07 bits per heavy atom. The van der Waals surface area contributed by atoms with E-state index in [2.05, 4.69) is 5.32 Å². The van der Waals surface area contributed by atoms with E-state index in [-0.39, 0.29) is 36.0 Å². The van der Waals surface area contributed by atoms with Gasteiger partial charge in [0.1, 0.15) is 0 Å². The Morgan fingerprint density at radius 2 is 1.75 bits per heavy atom. The van der Waals surface area contributed by atoms with Crippen LogP contribution in [0.2, 0.25) is 0 Å². The van der Waals surface area contributed by atoms with Gasteiger partial charge in [-0.05, 0) is 74.3 Å². The third-order valence-electron chi connectivity index (χ3n) is 8.26. The van der Waals surface area contributed by atoms with E-state index in [4.69, 9.17) is 5.10 Å². The van der Waals surface area contributed by atoms with E-state index in [0.29, 0.717) is 41.9 Å². The molecule has 40 heavy (non-hydrogen) atoms. The van der Waals surface area contributed by atoms with E-state index in [1.807, 2.05) is 10.7 Å². The molecule has 0 radical (unpaired) electrons. The quantitative estimate of drug-likeness (QED) is 0.348. The molecule has 2 fully saturated rings. The van der Waals surface area contributed by atoms with Gasteiger partial charge in [0, 0.05) is 29.1 Å². The molecular weight excluding hydrogens is 543 g/mol. The summed E-state index contributed by atoms with van der Waals surface area (Å²) in [5.41, 5.74) is 2.70. The number of aliphatic hydroxyl groups is 1. The molecule has 0 aliphatic heterocycles. The maximum absolute atomic E-state index is 13.1. The number of benzene rings is 2. The molecular formula is C29H34F3N3O4S. The second-order valence-corrected chi connectivity index (χ2v) is 13.3. The Labute approximate surface area is 231 Å². The van der Waals surface area contributed by atoms with E-state index in [1.165, 1.54) is 12.1 Å². The van der Waals surface area contributed by atoms with Crippen molar-refractivity contribution in [2.75, 3.05) is 12.4 Å². The highest BCUT2D eigenvalue weighted by molar-refractivity contribution is 7.91. The first-order valence-electron chi connectivity index (χ1n) is 13.8. The van der Waals surface area contributed by atoms with Crippen molar-refractivity contribution in [2.24, 2.45) is 11.8 Å². The molecule has 0 bridgehead atoms. The topological polar surface area (TPSA) is 101 Å². The summed E-state index contributed by atoms with van der Waals surface area (Å²) in [6.45, 7) is 1.77. The summed E-state index contributed by atoms with van der Waals surface area (Å²) in [5, 5.41) is 18.5. The van der Waals surface area contributed by atoms with Crippen LogP contribution in [0.1, 0.15) is 79.0 Å². The summed E-state index contributed by atoms with van der Waals surface area (Å²) in [6, 6.07) is 10.7. The number of aliphatic hydroxyl groups excluding tert-OH is 1. The number of nitrogens with one attached hydrogen (secondary N) is 1. The number of hydrogen-bond donors (Lipinski definition) is 2. The molecule has 1 amide bonds. The number of nitrogens with zero attached hydrogens (tertiary/aromatic N) is 2. The van der Waals surface area contributed by atoms with Gasteiger partial charge in [-0.25, -0.2) is 8.42 Å². The Morgan fingerprint density at radius 3 is 2.33 bits per heavy atom. The first kappa shape index (κ1) is 28.6. The molecule has 2 N–H and O–H groups in total. The van der Waals surface area contributed by atoms with Gasteiger partial charge >= 0.3 is 6.18 Å². The molecule has 2 aliphatic rings. The molecule has 2 aromatic carbocycles. The van der Waals surface area contributed by atoms with Crippen LogP contribution >= 0.6 is 0 Å². The molecule has 3 aromatic rings. The summed E-state index contributed by atoms with van der Waals surface area (Å²) in [4.78, 5) is 13.3. The smallest absolute Gasteiger partial charge is 0.391 e. The van der Waals surface area contributed by atoms with Crippen LogP contribution in [0.5, 0.6) is 0 Å². The third kappa shape index (κ3) is 6.05. The number of halogens is 3. The number of carbonyl (C=O) groups is 1. The summed E-state index contributed by atoms with van der Waals surface area (Å²) < 4.78 is 65.4. The average Bonchev–Trinajstić information content (AvgIpc) is 3.71. The second kappa shape index (κ2) is 11.2. The number of carbonyl (C=O) groups excluding carboxylic acids is 1. The monoisotopic (exact) mass is 577 g/mol. The van der Waals surface area contributed by atoms with Crippen molar-refractivity contribution in [1.29, 1.82) is 0 Å². The number of fused-ring (bicyclic) bond motifs is 1. The molecule has 5 rings (SSSR count). The van der Waals surface area contributed by atoms with Gasteiger partial charge in [0.05, 0.1) is 34.7 Å². The molecule has 7 nitrogen and oxygen atoms in total. The van der Waals surface area contributed by atoms with Gasteiger partial charge in [0.25, 0.3) is 5.91 Å². The van der Waals surface area contributed by atoms with Crippen molar-refractivity contribution in [3.05, 3.63) is 59.3 Å². The van der Waals surface area contributed by atoms with Crippen LogP contribution in [0.15, 0.2) is 47.4 Å². The number of aromatic nitrogens is 2. The highest BCUT2D eigenvalue weighted by Crippen LogP contribution is 2.45. The highest BCUT2D eigenvalue weighted by Gasteiger charge is 2.41. The standard InChI is InChI=1S/C29H34F3N3O4S/c1-2-40(38,39)23-12-7-19(8-13-23)26(17-36)33-28(37)21-9-14-24-25(15-21)34-35(27(24)20-5-6-20)16-18-3-10-22(11-4-18)29(30,31)32/h7-9,12-15,18,20,22,26,36H,2-6,10-11,16-17H2,1H3,(H,33,37)/t18-,22-,26?. The third-order valence-corrected chi connectivity index (χ3v) is 10.0. The van der Waals surface area contributed by atoms with Crippen molar-refractivity contribution in [3.8, 4) is 0 Å². The highest BCUT2D eigenvalue weighted by atomic mass is 32.2. The predicted octanol–water partition coefficient (Wildman–Crippen LogP) is 5.54. The fraction of sp³-hybridized carbons (Fsp3) is 0.517. The molecule has 2 aliphatic carbocycles. The lowest BCUT2D eigenvalue weighted by atomic mass is 9.81. The van der Waals surface area contributed by atoms with Gasteiger partial charge in [0.2, 0.25) is 0 Å². The summed E-state index contributed by atoms with van der Waals surface area (Å²) >= 11 is 0. The maximum Gasteiger partial charge on any atom is 0.391 e. The molecule has 2 saturated carbocycles. The Balaban J connectivity index is 1.32. The number of sulfone groups is 1. The minimum Gasteiger partial charge on any atom is -0.394 e. The number of amides is 1. The zero-order valence-corrected chi connectivity index (χ0v) is 23.1. The number of hydrogen-bond acceptors (Lipinski definition) is 5. The molecule has 11 heteroatoms. The fourth-order valence-electron chi connectivity index (χ4n) is 5.69. The largest absolute Gasteiger partial charge is 0.394 e. The van der Waals surface area contributed by atoms with E-state index >= 15 is 0 Å². The van der Waals surface area contributed by atoms with Crippen molar-refractivity contribution < 1.29 is 31.5 Å². The van der Waals surface area contributed by atoms with Crippen LogP contribution in [0, 0.1) is 11.8 Å². The van der Waals surface area contributed by atoms with Crippen LogP contribution in [0.3, 0.4) is 0 Å². The molecule has 216 valence electrons. The fourth-order valence-corrected chi connectivity index (χ4v) is 6.57. The summed E-state index contributed by atoms with van der Waals surface area (Å²) in [7, 11) is -3.36. The number of alkyl halides is 3. The molecule has 0 spiro atoms. The average molecular weight is 578 g/mol. The van der Waals surface area contributed by atoms with Gasteiger partial charge in [-0.15, -0.1) is 0 Å². The molecule has 1 heterocycles. The van der Waals surface area contributed by atoms with Crippen molar-refractivity contribution >= 4 is 26.6 Å². The molecule has 1 aromatic heterocycles. The molecule has 1 atom stereocenters. The van der Waals surface area contributed by atoms with Crippen LogP contribution in [-0.4, -0.2) is 47.7 Å². The Bertz CT molecular complexity index is 1470. The van der Waals surface area contributed by atoms with Gasteiger partial charge < -0.3 is 10.4 Å². The van der Waals surface area contributed by atoms with E-state index in [1.54, 1.807) is 31.2 Å². The number of rotatable bonds is 9.